The lowest BCUT2D eigenvalue weighted by Crippen LogP contribution is -2.35. The molecule has 1 fully saturated rings. The highest BCUT2D eigenvalue weighted by molar-refractivity contribution is 4.84. The fourth-order valence-electron chi connectivity index (χ4n) is 1.99. The van der Waals surface area contributed by atoms with Gasteiger partial charge < -0.3 is 5.73 Å². The molecule has 0 unspecified atom stereocenters. The van der Waals surface area contributed by atoms with Gasteiger partial charge in [0.1, 0.15) is 12.2 Å². The molecule has 0 spiro atoms. The summed E-state index contributed by atoms with van der Waals surface area (Å²) in [7, 11) is 0. The first-order chi connectivity index (χ1) is 7.52. The first kappa shape index (κ1) is 13.7. The van der Waals surface area contributed by atoms with Crippen molar-refractivity contribution in [1.82, 2.24) is 10.8 Å². The summed E-state index contributed by atoms with van der Waals surface area (Å²) in [6.07, 6.45) is 0.371. The molecule has 0 aliphatic heterocycles. The van der Waals surface area contributed by atoms with E-state index in [1.165, 1.54) is 0 Å². The average molecular weight is 239 g/mol. The van der Waals surface area contributed by atoms with Crippen molar-refractivity contribution in [2.24, 2.45) is 11.7 Å². The van der Waals surface area contributed by atoms with Crippen LogP contribution in [0.4, 0.5) is 0 Å². The van der Waals surface area contributed by atoms with Crippen LogP contribution in [-0.4, -0.2) is 50.4 Å². The maximum absolute atomic E-state index is 8.53. The largest absolute Gasteiger partial charge is 0.330 e. The van der Waals surface area contributed by atoms with Crippen LogP contribution in [0, 0.1) is 5.92 Å². The maximum Gasteiger partial charge on any atom is 0.113 e. The first-order valence-electron chi connectivity index (χ1n) is 4.92. The van der Waals surface area contributed by atoms with Crippen molar-refractivity contribution in [3.05, 3.63) is 0 Å². The minimum absolute atomic E-state index is 0.180. The fraction of sp³-hybridized carbons (Fsp3) is 1.00. The van der Waals surface area contributed by atoms with Crippen molar-refractivity contribution in [3.8, 4) is 0 Å². The van der Waals surface area contributed by atoms with Crippen molar-refractivity contribution in [3.63, 3.8) is 0 Å². The standard InChI is InChI=1S/C7H17N3O6/c8-2-1-5-3-6(15-9(11)12)7(4-5)16-10(13)14/h5-7,11-14H,1-4,8H2/t5-,6-,7+. The highest BCUT2D eigenvalue weighted by atomic mass is 17.1. The van der Waals surface area contributed by atoms with Crippen LogP contribution in [-0.2, 0) is 9.68 Å². The highest BCUT2D eigenvalue weighted by Gasteiger charge is 2.38. The van der Waals surface area contributed by atoms with Crippen LogP contribution in [0.2, 0.25) is 0 Å². The topological polar surface area (TPSA) is 132 Å². The van der Waals surface area contributed by atoms with Crippen LogP contribution < -0.4 is 5.73 Å². The third-order valence-electron chi connectivity index (χ3n) is 2.58. The number of nitrogens with zero attached hydrogens (tertiary/aromatic N) is 2. The summed E-state index contributed by atoms with van der Waals surface area (Å²) in [4.78, 5) is 9.26. The molecular formula is C7H17N3O6. The Morgan fingerprint density at radius 1 is 1.00 bits per heavy atom. The second-order valence-corrected chi connectivity index (χ2v) is 3.71. The molecule has 0 bridgehead atoms. The summed E-state index contributed by atoms with van der Waals surface area (Å²) in [5.41, 5.74) is 5.40. The van der Waals surface area contributed by atoms with Crippen molar-refractivity contribution in [2.45, 2.75) is 31.5 Å². The Hall–Kier alpha value is -0.360. The molecule has 0 aromatic carbocycles. The van der Waals surface area contributed by atoms with Gasteiger partial charge in [-0.3, -0.25) is 20.8 Å². The summed E-state index contributed by atoms with van der Waals surface area (Å²) in [6.45, 7) is 0.494. The molecule has 6 N–H and O–H groups in total. The molecule has 0 saturated heterocycles. The van der Waals surface area contributed by atoms with E-state index in [0.29, 0.717) is 19.4 Å². The third kappa shape index (κ3) is 4.25. The van der Waals surface area contributed by atoms with Gasteiger partial charge in [0.05, 0.1) is 10.8 Å². The third-order valence-corrected chi connectivity index (χ3v) is 2.58. The molecule has 0 aromatic rings. The second-order valence-electron chi connectivity index (χ2n) is 3.71. The van der Waals surface area contributed by atoms with Gasteiger partial charge in [0.15, 0.2) is 0 Å². The summed E-state index contributed by atoms with van der Waals surface area (Å²) >= 11 is 0. The zero-order valence-electron chi connectivity index (χ0n) is 8.64. The summed E-state index contributed by atoms with van der Waals surface area (Å²) in [5, 5.41) is 33.3. The van der Waals surface area contributed by atoms with E-state index in [1.807, 2.05) is 0 Å². The van der Waals surface area contributed by atoms with Gasteiger partial charge in [-0.25, -0.2) is 9.68 Å². The Bertz CT molecular complexity index is 187. The normalized spacial score (nSPS) is 30.6. The minimum atomic E-state index is -0.673. The van der Waals surface area contributed by atoms with Crippen LogP contribution >= 0.6 is 0 Å². The molecule has 0 aromatic heterocycles. The Morgan fingerprint density at radius 3 is 1.75 bits per heavy atom. The van der Waals surface area contributed by atoms with Crippen molar-refractivity contribution in [1.29, 1.82) is 0 Å². The lowest BCUT2D eigenvalue weighted by Gasteiger charge is -2.21. The van der Waals surface area contributed by atoms with E-state index in [-0.39, 0.29) is 5.92 Å². The van der Waals surface area contributed by atoms with Crippen molar-refractivity contribution >= 4 is 0 Å². The number of nitrogens with two attached hydrogens (primary N) is 1. The van der Waals surface area contributed by atoms with Crippen LogP contribution in [0.25, 0.3) is 0 Å². The smallest absolute Gasteiger partial charge is 0.113 e. The van der Waals surface area contributed by atoms with Gasteiger partial charge in [-0.05, 0) is 31.7 Å². The molecule has 16 heavy (non-hydrogen) atoms. The lowest BCUT2D eigenvalue weighted by atomic mass is 10.0. The molecule has 9 nitrogen and oxygen atoms in total. The predicted octanol–water partition coefficient (Wildman–Crippen LogP) is -0.494. The number of rotatable bonds is 6. The van der Waals surface area contributed by atoms with Crippen molar-refractivity contribution in [2.75, 3.05) is 6.54 Å². The second kappa shape index (κ2) is 6.39. The van der Waals surface area contributed by atoms with Crippen LogP contribution in [0.1, 0.15) is 19.3 Å². The monoisotopic (exact) mass is 239 g/mol. The summed E-state index contributed by atoms with van der Waals surface area (Å²) < 4.78 is 0. The molecule has 1 rings (SSSR count). The SMILES string of the molecule is NCC[C@H]1C[C@H](ON(O)O)[C@H](ON(O)O)C1. The molecule has 1 aliphatic rings. The van der Waals surface area contributed by atoms with Crippen LogP contribution in [0.15, 0.2) is 0 Å². The van der Waals surface area contributed by atoms with Crippen LogP contribution in [0.5, 0.6) is 0 Å². The Balaban J connectivity index is 2.49. The van der Waals surface area contributed by atoms with E-state index in [1.54, 1.807) is 0 Å². The zero-order valence-corrected chi connectivity index (χ0v) is 8.64. The van der Waals surface area contributed by atoms with E-state index >= 15 is 0 Å². The van der Waals surface area contributed by atoms with Gasteiger partial charge in [-0.2, -0.15) is 0 Å². The Labute approximate surface area is 91.9 Å². The number of hydrogen-bond acceptors (Lipinski definition) is 9. The first-order valence-corrected chi connectivity index (χ1v) is 4.92. The molecule has 3 atom stereocenters. The van der Waals surface area contributed by atoms with Crippen molar-refractivity contribution < 1.29 is 30.5 Å². The van der Waals surface area contributed by atoms with E-state index in [0.717, 1.165) is 6.42 Å². The van der Waals surface area contributed by atoms with Gasteiger partial charge in [-0.1, -0.05) is 0 Å². The number of hydrogen-bond donors (Lipinski definition) is 5. The Kier molecular flexibility index (Phi) is 5.48. The molecular weight excluding hydrogens is 222 g/mol. The van der Waals surface area contributed by atoms with Gasteiger partial charge in [0.25, 0.3) is 0 Å². The van der Waals surface area contributed by atoms with Gasteiger partial charge >= 0.3 is 0 Å². The zero-order chi connectivity index (χ0) is 12.1. The highest BCUT2D eigenvalue weighted by Crippen LogP contribution is 2.32. The molecule has 9 heteroatoms. The molecule has 0 radical (unpaired) electrons. The average Bonchev–Trinajstić information content (AvgIpc) is 2.46. The van der Waals surface area contributed by atoms with Gasteiger partial charge in [-0.15, -0.1) is 0 Å². The van der Waals surface area contributed by atoms with E-state index < -0.39 is 23.0 Å². The Morgan fingerprint density at radius 2 is 1.44 bits per heavy atom. The molecule has 1 saturated carbocycles. The maximum atomic E-state index is 8.53. The molecule has 0 heterocycles. The molecule has 0 amide bonds. The van der Waals surface area contributed by atoms with E-state index in [9.17, 15) is 0 Å². The summed E-state index contributed by atoms with van der Waals surface area (Å²) in [5.74, 6) is 0.180. The van der Waals surface area contributed by atoms with Gasteiger partial charge in [0.2, 0.25) is 0 Å². The van der Waals surface area contributed by atoms with Gasteiger partial charge in [0, 0.05) is 0 Å². The summed E-state index contributed by atoms with van der Waals surface area (Å²) in [6, 6.07) is 0. The van der Waals surface area contributed by atoms with Crippen LogP contribution in [0.3, 0.4) is 0 Å². The van der Waals surface area contributed by atoms with E-state index in [2.05, 4.69) is 9.68 Å². The van der Waals surface area contributed by atoms with E-state index in [4.69, 9.17) is 26.6 Å². The lowest BCUT2D eigenvalue weighted by molar-refractivity contribution is -0.535. The predicted molar refractivity (Wildman–Crippen MR) is 47.0 cm³/mol. The fourth-order valence-corrected chi connectivity index (χ4v) is 1.99. The molecule has 96 valence electrons. The quantitative estimate of drug-likeness (QED) is 0.389. The minimum Gasteiger partial charge on any atom is -0.330 e. The molecule has 1 aliphatic carbocycles.